The molecular formula is C10H6N2O4. The van der Waals surface area contributed by atoms with E-state index in [0.717, 1.165) is 0 Å². The normalized spacial score (nSPS) is 10.2. The lowest BCUT2D eigenvalue weighted by Gasteiger charge is -2.02. The summed E-state index contributed by atoms with van der Waals surface area (Å²) in [5.41, 5.74) is -0.00435. The number of benzene rings is 1. The second kappa shape index (κ2) is 3.58. The van der Waals surface area contributed by atoms with Gasteiger partial charge in [0.05, 0.1) is 5.52 Å². The molecule has 1 heterocycles. The standard InChI is InChI=1S/C10H6N2O4/c13-9(14)7-5-3-1-2-4-6(5)11-8(12-7)10(15)16/h1-4H,(H,13,14)(H,15,16). The van der Waals surface area contributed by atoms with Gasteiger partial charge >= 0.3 is 11.9 Å². The highest BCUT2D eigenvalue weighted by molar-refractivity contribution is 6.01. The van der Waals surface area contributed by atoms with Crippen LogP contribution >= 0.6 is 0 Å². The first-order chi connectivity index (χ1) is 7.59. The number of aromatic nitrogens is 2. The van der Waals surface area contributed by atoms with Crippen LogP contribution in [0.5, 0.6) is 0 Å². The Morgan fingerprint density at radius 2 is 1.69 bits per heavy atom. The fourth-order valence-electron chi connectivity index (χ4n) is 1.34. The van der Waals surface area contributed by atoms with Crippen LogP contribution in [0.3, 0.4) is 0 Å². The van der Waals surface area contributed by atoms with E-state index in [0.29, 0.717) is 10.9 Å². The van der Waals surface area contributed by atoms with Crippen molar-refractivity contribution in [1.29, 1.82) is 0 Å². The first-order valence-electron chi connectivity index (χ1n) is 4.33. The average molecular weight is 218 g/mol. The van der Waals surface area contributed by atoms with Crippen molar-refractivity contribution in [3.8, 4) is 0 Å². The van der Waals surface area contributed by atoms with Crippen molar-refractivity contribution in [3.63, 3.8) is 0 Å². The Labute approximate surface area is 89.2 Å². The summed E-state index contributed by atoms with van der Waals surface area (Å²) >= 11 is 0. The van der Waals surface area contributed by atoms with E-state index in [1.165, 1.54) is 12.1 Å². The highest BCUT2D eigenvalue weighted by Crippen LogP contribution is 2.15. The summed E-state index contributed by atoms with van der Waals surface area (Å²) in [5.74, 6) is -3.15. The van der Waals surface area contributed by atoms with Crippen molar-refractivity contribution in [2.45, 2.75) is 0 Å². The second-order valence-electron chi connectivity index (χ2n) is 3.02. The lowest BCUT2D eigenvalue weighted by atomic mass is 10.2. The molecule has 0 spiro atoms. The van der Waals surface area contributed by atoms with Crippen molar-refractivity contribution in [1.82, 2.24) is 9.97 Å². The highest BCUT2D eigenvalue weighted by atomic mass is 16.4. The molecule has 1 aromatic carbocycles. The molecule has 0 fully saturated rings. The SMILES string of the molecule is O=C(O)c1nc(C(=O)O)c2ccccc2n1. The van der Waals surface area contributed by atoms with Crippen LogP contribution in [0.1, 0.15) is 21.1 Å². The van der Waals surface area contributed by atoms with Gasteiger partial charge in [-0.05, 0) is 6.07 Å². The fourth-order valence-corrected chi connectivity index (χ4v) is 1.34. The number of carboxylic acid groups (broad SMARTS) is 2. The summed E-state index contributed by atoms with van der Waals surface area (Å²) in [5, 5.41) is 18.0. The van der Waals surface area contributed by atoms with Gasteiger partial charge in [-0.25, -0.2) is 19.6 Å². The number of carboxylic acids is 2. The van der Waals surface area contributed by atoms with Gasteiger partial charge in [-0.2, -0.15) is 0 Å². The van der Waals surface area contributed by atoms with Gasteiger partial charge in [0.25, 0.3) is 0 Å². The average Bonchev–Trinajstić information content (AvgIpc) is 2.27. The Morgan fingerprint density at radius 3 is 2.31 bits per heavy atom. The molecule has 16 heavy (non-hydrogen) atoms. The van der Waals surface area contributed by atoms with Gasteiger partial charge in [0.2, 0.25) is 5.82 Å². The molecule has 0 atom stereocenters. The molecule has 0 aliphatic rings. The van der Waals surface area contributed by atoms with Gasteiger partial charge in [-0.1, -0.05) is 18.2 Å². The number of carbonyl (C=O) groups is 2. The molecule has 0 amide bonds. The summed E-state index contributed by atoms with van der Waals surface area (Å²) in [4.78, 5) is 28.8. The first kappa shape index (κ1) is 10.0. The number of nitrogens with zero attached hydrogens (tertiary/aromatic N) is 2. The van der Waals surface area contributed by atoms with Crippen LogP contribution in [0.15, 0.2) is 24.3 Å². The van der Waals surface area contributed by atoms with Gasteiger partial charge in [0, 0.05) is 5.39 Å². The predicted octanol–water partition coefficient (Wildman–Crippen LogP) is 1.03. The summed E-state index contributed by atoms with van der Waals surface area (Å²) in [7, 11) is 0. The molecule has 0 bridgehead atoms. The maximum atomic E-state index is 10.9. The summed E-state index contributed by atoms with van der Waals surface area (Å²) < 4.78 is 0. The lowest BCUT2D eigenvalue weighted by molar-refractivity contribution is 0.0681. The number of rotatable bonds is 2. The Hall–Kier alpha value is -2.50. The van der Waals surface area contributed by atoms with Crippen LogP contribution in [0.4, 0.5) is 0 Å². The Kier molecular flexibility index (Phi) is 2.24. The van der Waals surface area contributed by atoms with E-state index in [1.807, 2.05) is 0 Å². The predicted molar refractivity (Wildman–Crippen MR) is 53.5 cm³/mol. The van der Waals surface area contributed by atoms with Crippen molar-refractivity contribution in [3.05, 3.63) is 35.8 Å². The fraction of sp³-hybridized carbons (Fsp3) is 0. The summed E-state index contributed by atoms with van der Waals surface area (Å²) in [6.45, 7) is 0. The van der Waals surface area contributed by atoms with Crippen LogP contribution < -0.4 is 0 Å². The van der Waals surface area contributed by atoms with Crippen molar-refractivity contribution in [2.75, 3.05) is 0 Å². The van der Waals surface area contributed by atoms with Gasteiger partial charge in [0.1, 0.15) is 0 Å². The van der Waals surface area contributed by atoms with Gasteiger partial charge in [-0.3, -0.25) is 0 Å². The van der Waals surface area contributed by atoms with Crippen LogP contribution in [-0.4, -0.2) is 32.1 Å². The molecule has 0 aliphatic carbocycles. The Bertz CT molecular complexity index is 594. The smallest absolute Gasteiger partial charge is 0.373 e. The molecule has 1 aromatic heterocycles. The molecule has 0 aliphatic heterocycles. The third-order valence-electron chi connectivity index (χ3n) is 2.00. The second-order valence-corrected chi connectivity index (χ2v) is 3.02. The molecule has 0 unspecified atom stereocenters. The minimum absolute atomic E-state index is 0.298. The number of fused-ring (bicyclic) bond motifs is 1. The molecule has 0 saturated carbocycles. The van der Waals surface area contributed by atoms with Gasteiger partial charge < -0.3 is 10.2 Å². The molecule has 2 rings (SSSR count). The van der Waals surface area contributed by atoms with Crippen molar-refractivity contribution in [2.24, 2.45) is 0 Å². The third-order valence-corrected chi connectivity index (χ3v) is 2.00. The minimum Gasteiger partial charge on any atom is -0.476 e. The molecule has 6 nitrogen and oxygen atoms in total. The molecule has 2 aromatic rings. The van der Waals surface area contributed by atoms with Crippen molar-refractivity contribution >= 4 is 22.8 Å². The van der Waals surface area contributed by atoms with E-state index >= 15 is 0 Å². The monoisotopic (exact) mass is 218 g/mol. The molecule has 80 valence electrons. The highest BCUT2D eigenvalue weighted by Gasteiger charge is 2.16. The van der Waals surface area contributed by atoms with E-state index in [2.05, 4.69) is 9.97 Å². The third kappa shape index (κ3) is 1.56. The van der Waals surface area contributed by atoms with E-state index < -0.39 is 17.8 Å². The maximum Gasteiger partial charge on any atom is 0.373 e. The van der Waals surface area contributed by atoms with Gasteiger partial charge in [0.15, 0.2) is 5.69 Å². The topological polar surface area (TPSA) is 100 Å². The zero-order valence-corrected chi connectivity index (χ0v) is 7.91. The molecule has 0 radical (unpaired) electrons. The summed E-state index contributed by atoms with van der Waals surface area (Å²) in [6, 6.07) is 6.35. The number of hydrogen-bond acceptors (Lipinski definition) is 4. The largest absolute Gasteiger partial charge is 0.476 e. The van der Waals surface area contributed by atoms with E-state index in [4.69, 9.17) is 10.2 Å². The quantitative estimate of drug-likeness (QED) is 0.780. The molecule has 2 N–H and O–H groups in total. The van der Waals surface area contributed by atoms with E-state index in [-0.39, 0.29) is 5.69 Å². The lowest BCUT2D eigenvalue weighted by Crippen LogP contribution is -2.10. The molecular weight excluding hydrogens is 212 g/mol. The molecule has 6 heteroatoms. The molecule has 0 saturated heterocycles. The number of aromatic carboxylic acids is 2. The number of para-hydroxylation sites is 1. The van der Waals surface area contributed by atoms with E-state index in [9.17, 15) is 9.59 Å². The van der Waals surface area contributed by atoms with E-state index in [1.54, 1.807) is 12.1 Å². The zero-order chi connectivity index (χ0) is 11.7. The first-order valence-corrected chi connectivity index (χ1v) is 4.33. The minimum atomic E-state index is -1.35. The van der Waals surface area contributed by atoms with Crippen LogP contribution in [0.2, 0.25) is 0 Å². The zero-order valence-electron chi connectivity index (χ0n) is 7.91. The van der Waals surface area contributed by atoms with Gasteiger partial charge in [-0.15, -0.1) is 0 Å². The van der Waals surface area contributed by atoms with Crippen molar-refractivity contribution < 1.29 is 19.8 Å². The van der Waals surface area contributed by atoms with Crippen LogP contribution in [0, 0.1) is 0 Å². The van der Waals surface area contributed by atoms with Crippen LogP contribution in [-0.2, 0) is 0 Å². The Balaban J connectivity index is 2.84. The maximum absolute atomic E-state index is 10.9. The summed E-state index contributed by atoms with van der Waals surface area (Å²) in [6.07, 6.45) is 0. The Morgan fingerprint density at radius 1 is 1.00 bits per heavy atom. The van der Waals surface area contributed by atoms with Crippen LogP contribution in [0.25, 0.3) is 10.9 Å². The number of hydrogen-bond donors (Lipinski definition) is 2.